The van der Waals surface area contributed by atoms with Crippen molar-refractivity contribution in [2.24, 2.45) is 0 Å². The van der Waals surface area contributed by atoms with Crippen molar-refractivity contribution in [3.8, 4) is 0 Å². The fraction of sp³-hybridized carbons (Fsp3) is 0.897. The van der Waals surface area contributed by atoms with Gasteiger partial charge in [-0.1, -0.05) is 282 Å². The Kier molecular flexibility index (Phi) is 58.1. The van der Waals surface area contributed by atoms with Gasteiger partial charge in [-0.25, -0.2) is 0 Å². The Morgan fingerprint density at radius 1 is 0.377 bits per heavy atom. The van der Waals surface area contributed by atoms with Crippen molar-refractivity contribution in [2.75, 3.05) is 47.5 Å². The van der Waals surface area contributed by atoms with Crippen molar-refractivity contribution in [3.63, 3.8) is 0 Å². The number of carboxylic acids is 1. The van der Waals surface area contributed by atoms with Crippen LogP contribution in [0.3, 0.4) is 0 Å². The number of allylic oxidation sites excluding steroid dienone is 4. The SMILES string of the molecule is CCCCCCCCCC/C=C\CCCCCCCCCCCCCCCCCCCC(=O)OC(COC(=O)CCCCCCCCCCCCC/C=C\CCCCCCCCCC)COC(OCC[N+](C)(C)C)C(=O)[O-]. The van der Waals surface area contributed by atoms with Crippen LogP contribution in [0, 0.1) is 0 Å². The van der Waals surface area contributed by atoms with E-state index in [2.05, 4.69) is 38.2 Å². The third-order valence-electron chi connectivity index (χ3n) is 15.2. The van der Waals surface area contributed by atoms with E-state index in [4.69, 9.17) is 18.9 Å². The van der Waals surface area contributed by atoms with Gasteiger partial charge in [0.1, 0.15) is 13.2 Å². The number of nitrogens with zero attached hydrogens (tertiary/aromatic N) is 1. The molecule has 9 nitrogen and oxygen atoms in total. The lowest BCUT2D eigenvalue weighted by Gasteiger charge is -2.26. The molecule has 0 rings (SSSR count). The van der Waals surface area contributed by atoms with E-state index in [-0.39, 0.29) is 32.2 Å². The molecule has 0 aromatic rings. The zero-order valence-electron chi connectivity index (χ0n) is 51.9. The van der Waals surface area contributed by atoms with Gasteiger partial charge >= 0.3 is 11.9 Å². The van der Waals surface area contributed by atoms with Gasteiger partial charge in [0.2, 0.25) is 0 Å². The molecule has 0 bridgehead atoms. The molecule has 454 valence electrons. The van der Waals surface area contributed by atoms with Crippen LogP contribution in [0.25, 0.3) is 0 Å². The van der Waals surface area contributed by atoms with Gasteiger partial charge in [0, 0.05) is 12.8 Å². The summed E-state index contributed by atoms with van der Waals surface area (Å²) in [7, 11) is 5.94. The molecule has 0 aliphatic carbocycles. The molecule has 0 spiro atoms. The average Bonchev–Trinajstić information content (AvgIpc) is 3.40. The Bertz CT molecular complexity index is 1310. The Balaban J connectivity index is 4.10. The molecule has 2 unspecified atom stereocenters. The standard InChI is InChI=1S/C68H129NO8/c1-6-8-10-12-14-16-18-20-22-24-26-28-30-31-32-33-34-35-37-39-41-43-45-47-49-51-53-55-57-59-66(71)77-64(63-76-68(67(72)73)74-61-60-69(3,4)5)62-75-65(70)58-56-54-52-50-48-46-44-42-40-38-36-29-27-25-23-21-19-17-15-13-11-9-7-2/h24-27,64,68H,6-23,28-63H2,1-5H3/b26-24-,27-25-. The molecule has 9 heteroatoms. The number of hydrogen-bond donors (Lipinski definition) is 0. The van der Waals surface area contributed by atoms with E-state index < -0.39 is 24.3 Å². The summed E-state index contributed by atoms with van der Waals surface area (Å²) in [6.07, 6.45) is 69.6. The summed E-state index contributed by atoms with van der Waals surface area (Å²) in [4.78, 5) is 37.4. The van der Waals surface area contributed by atoms with Gasteiger partial charge in [-0.15, -0.1) is 0 Å². The largest absolute Gasteiger partial charge is 0.545 e. The molecule has 0 saturated carbocycles. The molecular formula is C68H129NO8. The number of carboxylic acid groups (broad SMARTS) is 1. The third-order valence-corrected chi connectivity index (χ3v) is 15.2. The Hall–Kier alpha value is -2.23. The number of unbranched alkanes of at least 4 members (excludes halogenated alkanes) is 44. The van der Waals surface area contributed by atoms with Gasteiger partial charge in [0.15, 0.2) is 12.4 Å². The fourth-order valence-electron chi connectivity index (χ4n) is 10.0. The predicted molar refractivity (Wildman–Crippen MR) is 325 cm³/mol. The first kappa shape index (κ1) is 74.8. The molecule has 77 heavy (non-hydrogen) atoms. The summed E-state index contributed by atoms with van der Waals surface area (Å²) < 4.78 is 22.8. The van der Waals surface area contributed by atoms with Crippen molar-refractivity contribution in [3.05, 3.63) is 24.3 Å². The molecule has 0 aromatic carbocycles. The summed E-state index contributed by atoms with van der Waals surface area (Å²) in [5, 5.41) is 11.8. The second kappa shape index (κ2) is 59.9. The van der Waals surface area contributed by atoms with Crippen molar-refractivity contribution in [1.82, 2.24) is 0 Å². The maximum Gasteiger partial charge on any atom is 0.306 e. The van der Waals surface area contributed by atoms with Crippen molar-refractivity contribution in [1.29, 1.82) is 0 Å². The molecule has 0 radical (unpaired) electrons. The van der Waals surface area contributed by atoms with Crippen LogP contribution in [0.4, 0.5) is 0 Å². The molecule has 0 aliphatic rings. The zero-order chi connectivity index (χ0) is 56.2. The third kappa shape index (κ3) is 61.2. The zero-order valence-corrected chi connectivity index (χ0v) is 51.9. The van der Waals surface area contributed by atoms with Crippen LogP contribution >= 0.6 is 0 Å². The second-order valence-electron chi connectivity index (χ2n) is 24.1. The minimum atomic E-state index is -1.62. The van der Waals surface area contributed by atoms with E-state index in [9.17, 15) is 19.5 Å². The highest BCUT2D eigenvalue weighted by Crippen LogP contribution is 2.18. The molecule has 0 fully saturated rings. The average molecular weight is 1090 g/mol. The maximum atomic E-state index is 12.9. The lowest BCUT2D eigenvalue weighted by atomic mass is 10.0. The van der Waals surface area contributed by atoms with Crippen molar-refractivity contribution in [2.45, 2.75) is 347 Å². The number of hydrogen-bond acceptors (Lipinski definition) is 8. The van der Waals surface area contributed by atoms with Gasteiger partial charge in [-0.2, -0.15) is 0 Å². The number of ether oxygens (including phenoxy) is 4. The quantitative estimate of drug-likeness (QED) is 0.0195. The first-order chi connectivity index (χ1) is 37.6. The number of rotatable bonds is 63. The number of carbonyl (C=O) groups excluding carboxylic acids is 3. The first-order valence-electron chi connectivity index (χ1n) is 33.5. The number of likely N-dealkylation sites (N-methyl/N-ethyl adjacent to an activating group) is 1. The molecule has 0 aromatic heterocycles. The van der Waals surface area contributed by atoms with Crippen LogP contribution in [0.2, 0.25) is 0 Å². The summed E-state index contributed by atoms with van der Waals surface area (Å²) in [6.45, 7) is 4.81. The summed E-state index contributed by atoms with van der Waals surface area (Å²) in [5.41, 5.74) is 0. The number of esters is 2. The van der Waals surface area contributed by atoms with E-state index in [1.165, 1.54) is 270 Å². The molecular weight excluding hydrogens is 959 g/mol. The number of quaternary nitrogens is 1. The smallest absolute Gasteiger partial charge is 0.306 e. The summed E-state index contributed by atoms with van der Waals surface area (Å²) in [6, 6.07) is 0. The molecule has 0 aliphatic heterocycles. The predicted octanol–water partition coefficient (Wildman–Crippen LogP) is 18.9. The lowest BCUT2D eigenvalue weighted by molar-refractivity contribution is -0.870. The van der Waals surface area contributed by atoms with E-state index in [1.54, 1.807) is 0 Å². The van der Waals surface area contributed by atoms with Crippen LogP contribution in [0.1, 0.15) is 335 Å². The minimum absolute atomic E-state index is 0.151. The number of carbonyl (C=O) groups is 3. The van der Waals surface area contributed by atoms with Crippen LogP contribution in [0.15, 0.2) is 24.3 Å². The van der Waals surface area contributed by atoms with Gasteiger partial charge in [0.25, 0.3) is 0 Å². The Labute approximate surface area is 478 Å². The monoisotopic (exact) mass is 1090 g/mol. The van der Waals surface area contributed by atoms with Crippen LogP contribution in [-0.4, -0.2) is 82.3 Å². The highest BCUT2D eigenvalue weighted by Gasteiger charge is 2.22. The first-order valence-corrected chi connectivity index (χ1v) is 33.5. The van der Waals surface area contributed by atoms with E-state index >= 15 is 0 Å². The molecule has 0 amide bonds. The van der Waals surface area contributed by atoms with E-state index in [1.807, 2.05) is 21.1 Å². The van der Waals surface area contributed by atoms with Gasteiger partial charge in [0.05, 0.1) is 40.3 Å². The molecule has 0 heterocycles. The van der Waals surface area contributed by atoms with Crippen molar-refractivity contribution < 1.29 is 42.9 Å². The Morgan fingerprint density at radius 2 is 0.662 bits per heavy atom. The highest BCUT2D eigenvalue weighted by molar-refractivity contribution is 5.70. The van der Waals surface area contributed by atoms with Gasteiger partial charge in [-0.3, -0.25) is 9.59 Å². The second-order valence-corrected chi connectivity index (χ2v) is 24.1. The molecule has 2 atom stereocenters. The van der Waals surface area contributed by atoms with Gasteiger partial charge in [-0.05, 0) is 64.2 Å². The minimum Gasteiger partial charge on any atom is -0.545 e. The molecule has 0 saturated heterocycles. The fourth-order valence-corrected chi connectivity index (χ4v) is 10.0. The van der Waals surface area contributed by atoms with E-state index in [0.717, 1.165) is 38.5 Å². The lowest BCUT2D eigenvalue weighted by Crippen LogP contribution is -2.44. The molecule has 0 N–H and O–H groups in total. The maximum absolute atomic E-state index is 12.9. The van der Waals surface area contributed by atoms with Crippen LogP contribution in [-0.2, 0) is 33.3 Å². The van der Waals surface area contributed by atoms with Crippen LogP contribution in [0.5, 0.6) is 0 Å². The summed E-state index contributed by atoms with van der Waals surface area (Å²) >= 11 is 0. The topological polar surface area (TPSA) is 111 Å². The highest BCUT2D eigenvalue weighted by atomic mass is 16.7. The number of aliphatic carboxylic acids is 1. The normalized spacial score (nSPS) is 12.8. The Morgan fingerprint density at radius 3 is 0.961 bits per heavy atom. The van der Waals surface area contributed by atoms with Gasteiger partial charge < -0.3 is 33.3 Å². The van der Waals surface area contributed by atoms with Crippen LogP contribution < -0.4 is 5.11 Å². The summed E-state index contributed by atoms with van der Waals surface area (Å²) in [5.74, 6) is -2.26. The van der Waals surface area contributed by atoms with Crippen molar-refractivity contribution >= 4 is 17.9 Å². The van der Waals surface area contributed by atoms with E-state index in [0.29, 0.717) is 17.4 Å².